The Labute approximate surface area is 107 Å². The summed E-state index contributed by atoms with van der Waals surface area (Å²) >= 11 is 0. The minimum Gasteiger partial charge on any atom is -0.480 e. The van der Waals surface area contributed by atoms with Gasteiger partial charge in [-0.25, -0.2) is 4.98 Å². The van der Waals surface area contributed by atoms with Gasteiger partial charge in [-0.3, -0.25) is 4.98 Å². The van der Waals surface area contributed by atoms with Gasteiger partial charge in [-0.1, -0.05) is 30.3 Å². The van der Waals surface area contributed by atoms with Crippen molar-refractivity contribution >= 4 is 0 Å². The Morgan fingerprint density at radius 3 is 2.67 bits per heavy atom. The predicted octanol–water partition coefficient (Wildman–Crippen LogP) is 1.99. The van der Waals surface area contributed by atoms with Crippen LogP contribution in [0.4, 0.5) is 0 Å². The van der Waals surface area contributed by atoms with E-state index in [2.05, 4.69) is 27.4 Å². The summed E-state index contributed by atoms with van der Waals surface area (Å²) < 4.78 is 5.08. The zero-order valence-electron chi connectivity index (χ0n) is 10.6. The molecule has 2 rings (SSSR count). The van der Waals surface area contributed by atoms with Crippen LogP contribution in [0.25, 0.3) is 0 Å². The third kappa shape index (κ3) is 3.05. The van der Waals surface area contributed by atoms with Gasteiger partial charge in [0.25, 0.3) is 0 Å². The summed E-state index contributed by atoms with van der Waals surface area (Å²) in [6, 6.07) is 10.5. The Balaban J connectivity index is 2.15. The first kappa shape index (κ1) is 12.5. The quantitative estimate of drug-likeness (QED) is 0.872. The van der Waals surface area contributed by atoms with Crippen LogP contribution in [-0.2, 0) is 6.42 Å². The van der Waals surface area contributed by atoms with Crippen LogP contribution in [0.5, 0.6) is 5.88 Å². The zero-order chi connectivity index (χ0) is 12.8. The molecule has 1 unspecified atom stereocenters. The lowest BCUT2D eigenvalue weighted by Gasteiger charge is -2.16. The fraction of sp³-hybridized carbons (Fsp3) is 0.286. The molecular formula is C14H17N3O. The van der Waals surface area contributed by atoms with Gasteiger partial charge in [0, 0.05) is 18.7 Å². The molecule has 0 saturated heterocycles. The molecule has 0 aliphatic carbocycles. The number of benzene rings is 1. The van der Waals surface area contributed by atoms with Crippen molar-refractivity contribution in [1.29, 1.82) is 0 Å². The molecule has 1 atom stereocenters. The van der Waals surface area contributed by atoms with Crippen molar-refractivity contribution < 1.29 is 4.74 Å². The number of hydrogen-bond acceptors (Lipinski definition) is 4. The van der Waals surface area contributed by atoms with Crippen molar-refractivity contribution in [3.63, 3.8) is 0 Å². The molecule has 0 saturated carbocycles. The van der Waals surface area contributed by atoms with Gasteiger partial charge in [0.1, 0.15) is 0 Å². The molecule has 1 aromatic heterocycles. The molecule has 0 fully saturated rings. The summed E-state index contributed by atoms with van der Waals surface area (Å²) in [5, 5.41) is 3.30. The highest BCUT2D eigenvalue weighted by Crippen LogP contribution is 2.17. The maximum absolute atomic E-state index is 5.08. The van der Waals surface area contributed by atoms with Gasteiger partial charge >= 0.3 is 0 Å². The van der Waals surface area contributed by atoms with Gasteiger partial charge < -0.3 is 10.1 Å². The Bertz CT molecular complexity index is 487. The zero-order valence-corrected chi connectivity index (χ0v) is 10.6. The molecule has 4 heteroatoms. The van der Waals surface area contributed by atoms with Gasteiger partial charge in [0.05, 0.1) is 19.0 Å². The van der Waals surface area contributed by atoms with Crippen molar-refractivity contribution in [3.8, 4) is 5.88 Å². The third-order valence-corrected chi connectivity index (χ3v) is 2.84. The third-order valence-electron chi connectivity index (χ3n) is 2.84. The molecule has 1 aromatic carbocycles. The molecule has 2 aromatic rings. The lowest BCUT2D eigenvalue weighted by atomic mass is 10.0. The normalized spacial score (nSPS) is 12.1. The predicted molar refractivity (Wildman–Crippen MR) is 70.5 cm³/mol. The summed E-state index contributed by atoms with van der Waals surface area (Å²) in [5.41, 5.74) is 2.15. The number of nitrogens with zero attached hydrogens (tertiary/aromatic N) is 2. The maximum atomic E-state index is 5.08. The standard InChI is InChI=1S/C14H17N3O/c1-15-13(11-6-4-3-5-7-11)8-12-9-16-10-14(17-12)18-2/h3-7,9-10,13,15H,8H2,1-2H3. The highest BCUT2D eigenvalue weighted by Gasteiger charge is 2.11. The molecule has 18 heavy (non-hydrogen) atoms. The van der Waals surface area contributed by atoms with Crippen LogP contribution >= 0.6 is 0 Å². The summed E-state index contributed by atoms with van der Waals surface area (Å²) in [6.45, 7) is 0. The minimum absolute atomic E-state index is 0.229. The van der Waals surface area contributed by atoms with E-state index in [-0.39, 0.29) is 6.04 Å². The minimum atomic E-state index is 0.229. The van der Waals surface area contributed by atoms with Crippen molar-refractivity contribution in [2.24, 2.45) is 0 Å². The van der Waals surface area contributed by atoms with E-state index in [0.29, 0.717) is 5.88 Å². The van der Waals surface area contributed by atoms with Crippen molar-refractivity contribution in [1.82, 2.24) is 15.3 Å². The van der Waals surface area contributed by atoms with Crippen LogP contribution in [0.2, 0.25) is 0 Å². The average molecular weight is 243 g/mol. The number of aromatic nitrogens is 2. The highest BCUT2D eigenvalue weighted by atomic mass is 16.5. The first-order chi connectivity index (χ1) is 8.83. The van der Waals surface area contributed by atoms with E-state index < -0.39 is 0 Å². The molecule has 1 N–H and O–H groups in total. The summed E-state index contributed by atoms with van der Waals surface area (Å²) in [5.74, 6) is 0.551. The summed E-state index contributed by atoms with van der Waals surface area (Å²) in [6.07, 6.45) is 4.17. The van der Waals surface area contributed by atoms with Gasteiger partial charge in [0.15, 0.2) is 0 Å². The number of rotatable bonds is 5. The Hall–Kier alpha value is -1.94. The smallest absolute Gasteiger partial charge is 0.232 e. The van der Waals surface area contributed by atoms with Crippen molar-refractivity contribution in [2.75, 3.05) is 14.2 Å². The van der Waals surface area contributed by atoms with Gasteiger partial charge in [-0.15, -0.1) is 0 Å². The molecular weight excluding hydrogens is 226 g/mol. The summed E-state index contributed by atoms with van der Waals surface area (Å²) in [7, 11) is 3.55. The SMILES string of the molecule is CNC(Cc1cncc(OC)n1)c1ccccc1. The maximum Gasteiger partial charge on any atom is 0.232 e. The lowest BCUT2D eigenvalue weighted by molar-refractivity contribution is 0.393. The highest BCUT2D eigenvalue weighted by molar-refractivity contribution is 5.21. The van der Waals surface area contributed by atoms with Crippen LogP contribution < -0.4 is 10.1 Å². The fourth-order valence-electron chi connectivity index (χ4n) is 1.86. The molecule has 4 nitrogen and oxygen atoms in total. The van der Waals surface area contributed by atoms with Gasteiger partial charge in [-0.2, -0.15) is 0 Å². The van der Waals surface area contributed by atoms with Crippen LogP contribution in [-0.4, -0.2) is 24.1 Å². The lowest BCUT2D eigenvalue weighted by Crippen LogP contribution is -2.19. The molecule has 94 valence electrons. The van der Waals surface area contributed by atoms with E-state index in [4.69, 9.17) is 4.74 Å². The second kappa shape index (κ2) is 6.12. The molecule has 0 spiro atoms. The molecule has 0 amide bonds. The summed E-state index contributed by atoms with van der Waals surface area (Å²) in [4.78, 5) is 8.50. The second-order valence-electron chi connectivity index (χ2n) is 4.01. The fourth-order valence-corrected chi connectivity index (χ4v) is 1.86. The van der Waals surface area contributed by atoms with E-state index >= 15 is 0 Å². The monoisotopic (exact) mass is 243 g/mol. The topological polar surface area (TPSA) is 47.0 Å². The Morgan fingerprint density at radius 1 is 1.22 bits per heavy atom. The van der Waals surface area contributed by atoms with Crippen LogP contribution in [0.15, 0.2) is 42.7 Å². The van der Waals surface area contributed by atoms with Crippen molar-refractivity contribution in [3.05, 3.63) is 54.0 Å². The van der Waals surface area contributed by atoms with E-state index in [1.165, 1.54) is 5.56 Å². The van der Waals surface area contributed by atoms with Gasteiger partial charge in [0.2, 0.25) is 5.88 Å². The molecule has 0 aliphatic heterocycles. The van der Waals surface area contributed by atoms with E-state index in [9.17, 15) is 0 Å². The van der Waals surface area contributed by atoms with E-state index in [0.717, 1.165) is 12.1 Å². The van der Waals surface area contributed by atoms with Crippen LogP contribution in [0.1, 0.15) is 17.3 Å². The Morgan fingerprint density at radius 2 is 2.00 bits per heavy atom. The molecule has 0 bridgehead atoms. The van der Waals surface area contributed by atoms with Gasteiger partial charge in [-0.05, 0) is 12.6 Å². The number of likely N-dealkylation sites (N-methyl/N-ethyl adjacent to an activating group) is 1. The number of ether oxygens (including phenoxy) is 1. The van der Waals surface area contributed by atoms with Crippen LogP contribution in [0, 0.1) is 0 Å². The average Bonchev–Trinajstić information content (AvgIpc) is 2.46. The number of methoxy groups -OCH3 is 1. The second-order valence-corrected chi connectivity index (χ2v) is 4.01. The molecule has 0 radical (unpaired) electrons. The number of nitrogens with one attached hydrogen (secondary N) is 1. The number of hydrogen-bond donors (Lipinski definition) is 1. The van der Waals surface area contributed by atoms with E-state index in [1.54, 1.807) is 19.5 Å². The van der Waals surface area contributed by atoms with Crippen molar-refractivity contribution in [2.45, 2.75) is 12.5 Å². The first-order valence-corrected chi connectivity index (χ1v) is 5.90. The largest absolute Gasteiger partial charge is 0.480 e. The molecule has 1 heterocycles. The first-order valence-electron chi connectivity index (χ1n) is 5.90. The molecule has 0 aliphatic rings. The van der Waals surface area contributed by atoms with E-state index in [1.807, 2.05) is 25.2 Å². The van der Waals surface area contributed by atoms with Crippen LogP contribution in [0.3, 0.4) is 0 Å². The Kier molecular flexibility index (Phi) is 4.25.